The number of ether oxygens (including phenoxy) is 4. The topological polar surface area (TPSA) is 147 Å². The molecule has 5 saturated carbocycles. The van der Waals surface area contributed by atoms with Crippen molar-refractivity contribution in [1.29, 1.82) is 0 Å². The number of likely N-dealkylation sites (N-methyl/N-ethyl adjacent to an activating group) is 1. The summed E-state index contributed by atoms with van der Waals surface area (Å²) in [6.45, 7) is 4.67. The zero-order valence-electron chi connectivity index (χ0n) is 26.2. The molecule has 7 bridgehead atoms. The number of benzene rings is 1. The largest absolute Gasteiger partial charge is 0.461 e. The highest BCUT2D eigenvalue weighted by molar-refractivity contribution is 6.00. The second-order valence-electron chi connectivity index (χ2n) is 14.3. The number of piperidine rings is 1. The van der Waals surface area contributed by atoms with Crippen LogP contribution in [0.2, 0.25) is 0 Å². The minimum atomic E-state index is -1.73. The lowest BCUT2D eigenvalue weighted by atomic mass is 9.42. The first-order chi connectivity index (χ1) is 21.0. The first-order valence-corrected chi connectivity index (χ1v) is 16.0. The number of amides is 1. The number of methoxy groups -OCH3 is 3. The van der Waals surface area contributed by atoms with Crippen molar-refractivity contribution in [2.75, 3.05) is 46.3 Å². The average Bonchev–Trinajstić information content (AvgIpc) is 3.37. The van der Waals surface area contributed by atoms with Crippen molar-refractivity contribution in [2.45, 2.75) is 81.2 Å². The normalized spacial score (nSPS) is 48.2. The minimum absolute atomic E-state index is 0.0742. The summed E-state index contributed by atoms with van der Waals surface area (Å²) < 4.78 is 24.7. The molecular formula is C33H46N2O9. The highest BCUT2D eigenvalue weighted by atomic mass is 16.5. The van der Waals surface area contributed by atoms with Crippen LogP contribution in [0.3, 0.4) is 0 Å². The number of esters is 1. The van der Waals surface area contributed by atoms with E-state index in [-0.39, 0.29) is 48.4 Å². The Morgan fingerprint density at radius 2 is 1.86 bits per heavy atom. The molecule has 1 heterocycles. The number of para-hydroxylation sites is 1. The molecule has 3 unspecified atom stereocenters. The molecule has 13 atom stereocenters. The van der Waals surface area contributed by atoms with Gasteiger partial charge in [0.15, 0.2) is 0 Å². The van der Waals surface area contributed by atoms with Crippen molar-refractivity contribution in [2.24, 2.45) is 34.5 Å². The number of fused-ring (bicyclic) bond motifs is 2. The van der Waals surface area contributed by atoms with Gasteiger partial charge in [0, 0.05) is 69.8 Å². The van der Waals surface area contributed by atoms with Gasteiger partial charge in [-0.3, -0.25) is 9.69 Å². The van der Waals surface area contributed by atoms with E-state index in [1.807, 2.05) is 0 Å². The number of carbonyl (C=O) groups excluding carboxylic acids is 2. The van der Waals surface area contributed by atoms with Crippen molar-refractivity contribution in [3.8, 4) is 0 Å². The number of anilines is 1. The molecule has 0 aromatic heterocycles. The third kappa shape index (κ3) is 3.47. The molecule has 1 spiro atoms. The third-order valence-corrected chi connectivity index (χ3v) is 13.0. The zero-order chi connectivity index (χ0) is 31.4. The molecule has 4 N–H and O–H groups in total. The van der Waals surface area contributed by atoms with E-state index in [0.717, 1.165) is 0 Å². The number of aliphatic hydroxyl groups excluding tert-OH is 1. The van der Waals surface area contributed by atoms with Crippen LogP contribution in [0.25, 0.3) is 0 Å². The first-order valence-electron chi connectivity index (χ1n) is 16.0. The number of nitrogens with zero attached hydrogens (tertiary/aromatic N) is 1. The maximum absolute atomic E-state index is 13.6. The average molecular weight is 615 g/mol. The lowest BCUT2D eigenvalue weighted by Gasteiger charge is -2.70. The number of aliphatic hydroxyl groups is 3. The van der Waals surface area contributed by atoms with Crippen molar-refractivity contribution in [3.05, 3.63) is 29.8 Å². The maximum atomic E-state index is 13.6. The number of carbonyl (C=O) groups is 2. The Balaban J connectivity index is 1.36. The fourth-order valence-corrected chi connectivity index (χ4v) is 12.0. The number of hydrogen-bond acceptors (Lipinski definition) is 10. The van der Waals surface area contributed by atoms with Crippen LogP contribution in [0, 0.1) is 34.5 Å². The highest BCUT2D eigenvalue weighted by Crippen LogP contribution is 2.80. The first kappa shape index (κ1) is 30.5. The van der Waals surface area contributed by atoms with Gasteiger partial charge < -0.3 is 39.6 Å². The van der Waals surface area contributed by atoms with Gasteiger partial charge in [-0.05, 0) is 43.9 Å². The summed E-state index contributed by atoms with van der Waals surface area (Å²) >= 11 is 0. The molecule has 7 rings (SSSR count). The van der Waals surface area contributed by atoms with E-state index in [2.05, 4.69) is 17.1 Å². The highest BCUT2D eigenvalue weighted by Gasteiger charge is 2.91. The van der Waals surface area contributed by atoms with Gasteiger partial charge in [0.05, 0.1) is 48.3 Å². The quantitative estimate of drug-likeness (QED) is 0.317. The van der Waals surface area contributed by atoms with Crippen LogP contribution < -0.4 is 5.32 Å². The fourth-order valence-electron chi connectivity index (χ4n) is 12.0. The van der Waals surface area contributed by atoms with Gasteiger partial charge in [0.25, 0.3) is 0 Å². The van der Waals surface area contributed by atoms with Crippen molar-refractivity contribution in [3.63, 3.8) is 0 Å². The van der Waals surface area contributed by atoms with Crippen LogP contribution in [0.4, 0.5) is 5.69 Å². The lowest BCUT2D eigenvalue weighted by molar-refractivity contribution is -0.318. The minimum Gasteiger partial charge on any atom is -0.461 e. The van der Waals surface area contributed by atoms with Gasteiger partial charge in [-0.25, -0.2) is 4.79 Å². The molecule has 1 aliphatic heterocycles. The van der Waals surface area contributed by atoms with Crippen LogP contribution in [-0.4, -0.2) is 115 Å². The molecule has 5 aliphatic carbocycles. The zero-order valence-corrected chi connectivity index (χ0v) is 26.2. The molecule has 1 aromatic carbocycles. The summed E-state index contributed by atoms with van der Waals surface area (Å²) in [7, 11) is 4.91. The number of likely N-dealkylation sites (tertiary alicyclic amines) is 1. The van der Waals surface area contributed by atoms with Crippen LogP contribution in [0.5, 0.6) is 0 Å². The van der Waals surface area contributed by atoms with Crippen LogP contribution >= 0.6 is 0 Å². The summed E-state index contributed by atoms with van der Waals surface area (Å²) in [4.78, 5) is 27.7. The summed E-state index contributed by atoms with van der Waals surface area (Å²) in [5.74, 6) is -2.05. The van der Waals surface area contributed by atoms with Crippen LogP contribution in [0.1, 0.15) is 49.9 Å². The standard InChI is InChI=1S/C33H46N2O9/c1-6-35-15-30(16-44-28(38)18-9-7-8-10-21(18)34-17(2)36)12-11-23(42-4)32-20-13-19-22(41-3)14-31(39,24(20)25(19)37)33(40,29(32)35)27(43-5)26(30)32/h7-10,19-20,22-27,29,37,39-40H,6,11-16H2,1-5H3,(H,34,36)/t19-,20-,22-,23-,24+,25-,26+,27-,29?,30-,31+,32?,33?/m0/s1. The molecule has 11 heteroatoms. The van der Waals surface area contributed by atoms with E-state index in [4.69, 9.17) is 18.9 Å². The third-order valence-electron chi connectivity index (χ3n) is 13.0. The van der Waals surface area contributed by atoms with Gasteiger partial charge in [0.2, 0.25) is 5.91 Å². The van der Waals surface area contributed by atoms with Crippen LogP contribution in [-0.2, 0) is 23.7 Å². The SMILES string of the molecule is CCN1C[C@]2(COC(=O)c3ccccc3NC(C)=O)CC[C@H](OC)C34C1C(O)([C@@H](OC)[C@@H]32)[C@@]1(O)C[C@H](OC)[C@@H]2C[C@H]4[C@@H]1[C@H]2O. The lowest BCUT2D eigenvalue weighted by Crippen LogP contribution is -2.82. The molecule has 44 heavy (non-hydrogen) atoms. The smallest absolute Gasteiger partial charge is 0.340 e. The van der Waals surface area contributed by atoms with E-state index < -0.39 is 58.3 Å². The van der Waals surface area contributed by atoms with Crippen molar-refractivity contribution >= 4 is 17.6 Å². The van der Waals surface area contributed by atoms with E-state index in [1.165, 1.54) is 6.92 Å². The van der Waals surface area contributed by atoms with Crippen molar-refractivity contribution in [1.82, 2.24) is 4.90 Å². The molecule has 1 aromatic rings. The molecule has 11 nitrogen and oxygen atoms in total. The fraction of sp³-hybridized carbons (Fsp3) is 0.758. The Bertz CT molecular complexity index is 1340. The molecule has 6 fully saturated rings. The summed E-state index contributed by atoms with van der Waals surface area (Å²) in [5.41, 5.74) is -4.04. The molecule has 1 saturated heterocycles. The van der Waals surface area contributed by atoms with Crippen molar-refractivity contribution < 1.29 is 43.9 Å². The molecular weight excluding hydrogens is 568 g/mol. The number of nitrogens with one attached hydrogen (secondary N) is 1. The monoisotopic (exact) mass is 614 g/mol. The van der Waals surface area contributed by atoms with Gasteiger partial charge in [0.1, 0.15) is 11.2 Å². The van der Waals surface area contributed by atoms with E-state index >= 15 is 0 Å². The Kier molecular flexibility index (Phi) is 7.07. The molecule has 1 amide bonds. The summed E-state index contributed by atoms with van der Waals surface area (Å²) in [6.07, 6.45) is -0.0977. The van der Waals surface area contributed by atoms with E-state index in [0.29, 0.717) is 38.0 Å². The number of hydrogen-bond donors (Lipinski definition) is 4. The van der Waals surface area contributed by atoms with Gasteiger partial charge in [-0.1, -0.05) is 19.1 Å². The second-order valence-corrected chi connectivity index (χ2v) is 14.3. The van der Waals surface area contributed by atoms with Crippen LogP contribution in [0.15, 0.2) is 24.3 Å². The van der Waals surface area contributed by atoms with Gasteiger partial charge in [-0.15, -0.1) is 0 Å². The Hall–Kier alpha value is -2.12. The Morgan fingerprint density at radius 1 is 1.11 bits per heavy atom. The number of rotatable bonds is 8. The summed E-state index contributed by atoms with van der Waals surface area (Å²) in [6, 6.07) is 6.30. The van der Waals surface area contributed by atoms with E-state index in [1.54, 1.807) is 45.6 Å². The second kappa shape index (κ2) is 10.2. The molecule has 242 valence electrons. The van der Waals surface area contributed by atoms with E-state index in [9.17, 15) is 24.9 Å². The van der Waals surface area contributed by atoms with Gasteiger partial charge in [-0.2, -0.15) is 0 Å². The molecule has 6 aliphatic rings. The predicted molar refractivity (Wildman–Crippen MR) is 158 cm³/mol. The molecule has 0 radical (unpaired) electrons. The maximum Gasteiger partial charge on any atom is 0.340 e. The summed E-state index contributed by atoms with van der Waals surface area (Å²) in [5, 5.41) is 40.6. The Morgan fingerprint density at radius 3 is 2.52 bits per heavy atom. The Labute approximate surface area is 258 Å². The predicted octanol–water partition coefficient (Wildman–Crippen LogP) is 1.44. The van der Waals surface area contributed by atoms with Gasteiger partial charge >= 0.3 is 5.97 Å².